The van der Waals surface area contributed by atoms with E-state index < -0.39 is 11.8 Å². The van der Waals surface area contributed by atoms with E-state index in [4.69, 9.17) is 5.11 Å². The van der Waals surface area contributed by atoms with Gasteiger partial charge in [0.1, 0.15) is 5.72 Å². The summed E-state index contributed by atoms with van der Waals surface area (Å²) >= 11 is 0. The van der Waals surface area contributed by atoms with Crippen molar-refractivity contribution in [3.8, 4) is 0 Å². The lowest BCUT2D eigenvalue weighted by molar-refractivity contribution is -0.0998. The fraction of sp³-hybridized carbons (Fsp3) is 0.875. The summed E-state index contributed by atoms with van der Waals surface area (Å²) in [4.78, 5) is 12.0. The highest BCUT2D eigenvalue weighted by Crippen LogP contribution is 2.41. The molecule has 2 atom stereocenters. The summed E-state index contributed by atoms with van der Waals surface area (Å²) in [7, 11) is 0. The molecule has 2 heterocycles. The predicted molar refractivity (Wildman–Crippen MR) is 41.7 cm³/mol. The Morgan fingerprint density at radius 3 is 2.67 bits per heavy atom. The lowest BCUT2D eigenvalue weighted by Crippen LogP contribution is -2.52. The van der Waals surface area contributed by atoms with Crippen molar-refractivity contribution in [1.82, 2.24) is 4.90 Å². The monoisotopic (exact) mass is 171 g/mol. The second-order valence-electron chi connectivity index (χ2n) is 3.72. The largest absolute Gasteiger partial charge is 0.465 e. The summed E-state index contributed by atoms with van der Waals surface area (Å²) in [6.45, 7) is 0. The average Bonchev–Trinajstić information content (AvgIpc) is 2.18. The van der Waals surface area contributed by atoms with Crippen LogP contribution in [0, 0.1) is 0 Å². The van der Waals surface area contributed by atoms with Gasteiger partial charge in [-0.3, -0.25) is 4.90 Å². The Labute approximate surface area is 70.8 Å². The Bertz CT molecular complexity index is 214. The van der Waals surface area contributed by atoms with Gasteiger partial charge in [0.25, 0.3) is 0 Å². The zero-order chi connectivity index (χ0) is 8.77. The van der Waals surface area contributed by atoms with Crippen LogP contribution in [0.5, 0.6) is 0 Å². The Balaban J connectivity index is 2.26. The zero-order valence-electron chi connectivity index (χ0n) is 6.86. The molecule has 1 amide bonds. The number of fused-ring (bicyclic) bond motifs is 2. The van der Waals surface area contributed by atoms with Crippen LogP contribution in [0.2, 0.25) is 0 Å². The van der Waals surface area contributed by atoms with Crippen LogP contribution in [0.15, 0.2) is 0 Å². The highest BCUT2D eigenvalue weighted by molar-refractivity contribution is 5.67. The van der Waals surface area contributed by atoms with Crippen molar-refractivity contribution in [3.05, 3.63) is 0 Å². The molecule has 4 heteroatoms. The third-order valence-electron chi connectivity index (χ3n) is 3.01. The number of carboxylic acid groups (broad SMARTS) is 1. The van der Waals surface area contributed by atoms with Gasteiger partial charge in [0, 0.05) is 6.04 Å². The molecular formula is C8H13NO3. The van der Waals surface area contributed by atoms with Gasteiger partial charge in [-0.15, -0.1) is 0 Å². The SMILES string of the molecule is O=C(O)N1C2CCCC1(O)CC2. The molecule has 0 radical (unpaired) electrons. The van der Waals surface area contributed by atoms with Crippen molar-refractivity contribution >= 4 is 6.09 Å². The number of piperidine rings is 1. The van der Waals surface area contributed by atoms with E-state index in [1.807, 2.05) is 0 Å². The molecule has 0 aromatic rings. The number of aliphatic hydroxyl groups is 1. The summed E-state index contributed by atoms with van der Waals surface area (Å²) in [5, 5.41) is 18.7. The second kappa shape index (κ2) is 2.36. The molecule has 2 fully saturated rings. The number of carbonyl (C=O) groups is 1. The maximum Gasteiger partial charge on any atom is 0.409 e. The van der Waals surface area contributed by atoms with E-state index in [2.05, 4.69) is 0 Å². The third-order valence-corrected chi connectivity index (χ3v) is 3.01. The molecule has 2 unspecified atom stereocenters. The zero-order valence-corrected chi connectivity index (χ0v) is 6.86. The standard InChI is InChI=1S/C8H13NO3/c10-7(11)9-6-2-1-4-8(9,12)5-3-6/h6,12H,1-5H2,(H,10,11). The first kappa shape index (κ1) is 7.86. The summed E-state index contributed by atoms with van der Waals surface area (Å²) in [6.07, 6.45) is 2.93. The van der Waals surface area contributed by atoms with Gasteiger partial charge in [0.15, 0.2) is 0 Å². The summed E-state index contributed by atoms with van der Waals surface area (Å²) in [5.41, 5.74) is -1.03. The smallest absolute Gasteiger partial charge is 0.409 e. The molecule has 0 aromatic carbocycles. The highest BCUT2D eigenvalue weighted by atomic mass is 16.4. The minimum Gasteiger partial charge on any atom is -0.465 e. The van der Waals surface area contributed by atoms with Gasteiger partial charge in [-0.05, 0) is 32.1 Å². The average molecular weight is 171 g/mol. The van der Waals surface area contributed by atoms with Crippen LogP contribution >= 0.6 is 0 Å². The summed E-state index contributed by atoms with van der Waals surface area (Å²) in [5.74, 6) is 0. The van der Waals surface area contributed by atoms with E-state index >= 15 is 0 Å². The molecule has 4 nitrogen and oxygen atoms in total. The van der Waals surface area contributed by atoms with Crippen molar-refractivity contribution in [3.63, 3.8) is 0 Å². The molecule has 0 aliphatic carbocycles. The minimum atomic E-state index is -1.03. The minimum absolute atomic E-state index is 0.0706. The topological polar surface area (TPSA) is 60.8 Å². The molecule has 2 bridgehead atoms. The predicted octanol–water partition coefficient (Wildman–Crippen LogP) is 1.00. The normalized spacial score (nSPS) is 40.1. The Hall–Kier alpha value is -0.770. The lowest BCUT2D eigenvalue weighted by Gasteiger charge is -2.38. The maximum absolute atomic E-state index is 10.8. The van der Waals surface area contributed by atoms with Crippen LogP contribution in [0.1, 0.15) is 32.1 Å². The van der Waals surface area contributed by atoms with Crippen molar-refractivity contribution in [2.24, 2.45) is 0 Å². The highest BCUT2D eigenvalue weighted by Gasteiger charge is 2.50. The molecule has 2 saturated heterocycles. The maximum atomic E-state index is 10.8. The van der Waals surface area contributed by atoms with Gasteiger partial charge in [0.2, 0.25) is 0 Å². The van der Waals surface area contributed by atoms with E-state index in [-0.39, 0.29) is 6.04 Å². The Morgan fingerprint density at radius 1 is 1.42 bits per heavy atom. The molecule has 2 N–H and O–H groups in total. The van der Waals surface area contributed by atoms with Crippen LogP contribution < -0.4 is 0 Å². The van der Waals surface area contributed by atoms with Gasteiger partial charge < -0.3 is 10.2 Å². The van der Waals surface area contributed by atoms with Gasteiger partial charge in [0.05, 0.1) is 0 Å². The molecule has 0 saturated carbocycles. The molecule has 0 spiro atoms. The first-order chi connectivity index (χ1) is 5.63. The van der Waals surface area contributed by atoms with Gasteiger partial charge in [-0.1, -0.05) is 0 Å². The molecule has 68 valence electrons. The van der Waals surface area contributed by atoms with E-state index in [1.165, 1.54) is 4.90 Å². The molecule has 2 aliphatic heterocycles. The molecule has 2 aliphatic rings. The van der Waals surface area contributed by atoms with E-state index in [9.17, 15) is 9.90 Å². The van der Waals surface area contributed by atoms with Crippen LogP contribution in [0.25, 0.3) is 0 Å². The van der Waals surface area contributed by atoms with Gasteiger partial charge in [-0.25, -0.2) is 4.79 Å². The number of nitrogens with zero attached hydrogens (tertiary/aromatic N) is 1. The Kier molecular flexibility index (Phi) is 1.54. The number of amides is 1. The summed E-state index contributed by atoms with van der Waals surface area (Å²) in [6, 6.07) is 0.0706. The van der Waals surface area contributed by atoms with Crippen molar-refractivity contribution in [2.75, 3.05) is 0 Å². The van der Waals surface area contributed by atoms with Crippen molar-refractivity contribution < 1.29 is 15.0 Å². The fourth-order valence-corrected chi connectivity index (χ4v) is 2.46. The molecular weight excluding hydrogens is 158 g/mol. The van der Waals surface area contributed by atoms with Crippen LogP contribution in [0.4, 0.5) is 4.79 Å². The molecule has 2 rings (SSSR count). The Morgan fingerprint density at radius 2 is 2.17 bits per heavy atom. The first-order valence-electron chi connectivity index (χ1n) is 4.38. The van der Waals surface area contributed by atoms with E-state index in [0.29, 0.717) is 12.8 Å². The van der Waals surface area contributed by atoms with Crippen molar-refractivity contribution in [2.45, 2.75) is 43.9 Å². The second-order valence-corrected chi connectivity index (χ2v) is 3.72. The lowest BCUT2D eigenvalue weighted by atomic mass is 10.0. The van der Waals surface area contributed by atoms with Crippen LogP contribution in [0.3, 0.4) is 0 Å². The number of hydrogen-bond donors (Lipinski definition) is 2. The molecule has 0 aromatic heterocycles. The van der Waals surface area contributed by atoms with Crippen molar-refractivity contribution in [1.29, 1.82) is 0 Å². The third kappa shape index (κ3) is 0.909. The summed E-state index contributed by atoms with van der Waals surface area (Å²) < 4.78 is 0. The molecule has 12 heavy (non-hydrogen) atoms. The van der Waals surface area contributed by atoms with Gasteiger partial charge in [-0.2, -0.15) is 0 Å². The van der Waals surface area contributed by atoms with Gasteiger partial charge >= 0.3 is 6.09 Å². The number of rotatable bonds is 0. The first-order valence-corrected chi connectivity index (χ1v) is 4.38. The van der Waals surface area contributed by atoms with Crippen LogP contribution in [-0.4, -0.2) is 33.0 Å². The van der Waals surface area contributed by atoms with Crippen LogP contribution in [-0.2, 0) is 0 Å². The number of hydrogen-bond acceptors (Lipinski definition) is 2. The quantitative estimate of drug-likeness (QED) is 0.571. The fourth-order valence-electron chi connectivity index (χ4n) is 2.46. The van der Waals surface area contributed by atoms with E-state index in [1.54, 1.807) is 0 Å². The van der Waals surface area contributed by atoms with E-state index in [0.717, 1.165) is 19.3 Å².